The Labute approximate surface area is 203 Å². The number of hydrogen-bond donors (Lipinski definition) is 1. The Kier molecular flexibility index (Phi) is 8.70. The minimum absolute atomic E-state index is 0.0267. The van der Waals surface area contributed by atoms with Crippen molar-refractivity contribution in [2.45, 2.75) is 101 Å². The normalized spacial score (nSPS) is 37.1. The van der Waals surface area contributed by atoms with E-state index < -0.39 is 6.29 Å². The monoisotopic (exact) mass is 472 g/mol. The van der Waals surface area contributed by atoms with E-state index in [0.717, 1.165) is 71.0 Å². The Bertz CT molecular complexity index is 757. The average molecular weight is 473 g/mol. The van der Waals surface area contributed by atoms with Crippen LogP contribution in [0.5, 0.6) is 0 Å². The molecule has 1 aromatic carbocycles. The van der Waals surface area contributed by atoms with E-state index in [1.54, 1.807) is 0 Å². The molecule has 1 aliphatic carbocycles. The first-order valence-corrected chi connectivity index (χ1v) is 13.3. The van der Waals surface area contributed by atoms with Gasteiger partial charge in [0, 0.05) is 32.0 Å². The van der Waals surface area contributed by atoms with Crippen LogP contribution < -0.4 is 0 Å². The third-order valence-electron chi connectivity index (χ3n) is 7.71. The lowest BCUT2D eigenvalue weighted by atomic mass is 9.90. The summed E-state index contributed by atoms with van der Waals surface area (Å²) < 4.78 is 30.5. The second-order valence-electron chi connectivity index (χ2n) is 10.2. The van der Waals surface area contributed by atoms with Crippen molar-refractivity contribution < 1.29 is 28.8 Å². The lowest BCUT2D eigenvalue weighted by Gasteiger charge is -2.30. The van der Waals surface area contributed by atoms with Crippen molar-refractivity contribution >= 4 is 0 Å². The van der Waals surface area contributed by atoms with E-state index in [-0.39, 0.29) is 42.7 Å². The predicted octanol–water partition coefficient (Wildman–Crippen LogP) is 4.74. The molecular weight excluding hydrogens is 432 g/mol. The maximum absolute atomic E-state index is 10.1. The summed E-state index contributed by atoms with van der Waals surface area (Å²) in [6, 6.07) is 10.6. The fourth-order valence-electron chi connectivity index (χ4n) is 5.90. The number of rotatable bonds is 9. The maximum Gasteiger partial charge on any atom is 0.158 e. The molecule has 34 heavy (non-hydrogen) atoms. The number of benzene rings is 1. The summed E-state index contributed by atoms with van der Waals surface area (Å²) in [6.45, 7) is 1.55. The van der Waals surface area contributed by atoms with Gasteiger partial charge in [-0.2, -0.15) is 0 Å². The molecule has 8 atom stereocenters. The minimum atomic E-state index is -0.668. The van der Waals surface area contributed by atoms with Gasteiger partial charge in [0.05, 0.1) is 18.3 Å². The van der Waals surface area contributed by atoms with E-state index >= 15 is 0 Å². The van der Waals surface area contributed by atoms with Gasteiger partial charge in [-0.1, -0.05) is 42.5 Å². The van der Waals surface area contributed by atoms with E-state index in [1.165, 1.54) is 5.56 Å². The van der Waals surface area contributed by atoms with Gasteiger partial charge in [-0.15, -0.1) is 0 Å². The van der Waals surface area contributed by atoms with Gasteiger partial charge in [-0.3, -0.25) is 0 Å². The van der Waals surface area contributed by atoms with Gasteiger partial charge < -0.3 is 28.8 Å². The maximum atomic E-state index is 10.1. The lowest BCUT2D eigenvalue weighted by Crippen LogP contribution is -2.31. The molecule has 5 rings (SSSR count). The van der Waals surface area contributed by atoms with Gasteiger partial charge in [-0.25, -0.2) is 0 Å². The first-order chi connectivity index (χ1) is 16.7. The molecule has 3 heterocycles. The SMILES string of the molecule is OC1C[C@@H]2[C@@H](C=CC(CCc3ccccc3)OC3CCCCO3)[C@H](OC3CCCCO3)C[C@@H]2O1. The van der Waals surface area contributed by atoms with E-state index in [4.69, 9.17) is 23.7 Å². The Morgan fingerprint density at radius 1 is 0.971 bits per heavy atom. The summed E-state index contributed by atoms with van der Waals surface area (Å²) in [5.41, 5.74) is 1.32. The highest BCUT2D eigenvalue weighted by Crippen LogP contribution is 2.45. The number of aliphatic hydroxyl groups is 1. The van der Waals surface area contributed by atoms with Crippen LogP contribution in [0.3, 0.4) is 0 Å². The molecule has 0 radical (unpaired) electrons. The van der Waals surface area contributed by atoms with Crippen LogP contribution in [-0.2, 0) is 30.1 Å². The van der Waals surface area contributed by atoms with Crippen LogP contribution in [0.2, 0.25) is 0 Å². The van der Waals surface area contributed by atoms with E-state index in [9.17, 15) is 5.11 Å². The first-order valence-electron chi connectivity index (χ1n) is 13.3. The van der Waals surface area contributed by atoms with Gasteiger partial charge in [0.2, 0.25) is 0 Å². The van der Waals surface area contributed by atoms with Crippen LogP contribution in [0.25, 0.3) is 0 Å². The molecule has 1 aromatic rings. The van der Waals surface area contributed by atoms with Crippen LogP contribution in [0.15, 0.2) is 42.5 Å². The van der Waals surface area contributed by atoms with Gasteiger partial charge in [0.1, 0.15) is 0 Å². The van der Waals surface area contributed by atoms with Crippen molar-refractivity contribution in [1.29, 1.82) is 0 Å². The van der Waals surface area contributed by atoms with Crippen molar-refractivity contribution in [1.82, 2.24) is 0 Å². The zero-order valence-electron chi connectivity index (χ0n) is 20.1. The minimum Gasteiger partial charge on any atom is -0.368 e. The molecule has 0 spiro atoms. The van der Waals surface area contributed by atoms with Crippen LogP contribution in [0, 0.1) is 11.8 Å². The second-order valence-corrected chi connectivity index (χ2v) is 10.2. The largest absolute Gasteiger partial charge is 0.368 e. The topological polar surface area (TPSA) is 66.4 Å². The van der Waals surface area contributed by atoms with Crippen molar-refractivity contribution in [2.75, 3.05) is 13.2 Å². The van der Waals surface area contributed by atoms with Crippen LogP contribution in [0.4, 0.5) is 0 Å². The highest BCUT2D eigenvalue weighted by molar-refractivity contribution is 5.15. The number of fused-ring (bicyclic) bond motifs is 1. The third kappa shape index (κ3) is 6.48. The van der Waals surface area contributed by atoms with Crippen LogP contribution in [-0.4, -0.2) is 55.5 Å². The second kappa shape index (κ2) is 12.1. The van der Waals surface area contributed by atoms with Gasteiger partial charge in [-0.05, 0) is 62.8 Å². The lowest BCUT2D eigenvalue weighted by molar-refractivity contribution is -0.196. The number of ether oxygens (including phenoxy) is 5. The molecular formula is C28H40O6. The van der Waals surface area contributed by atoms with Crippen molar-refractivity contribution in [2.24, 2.45) is 11.8 Å². The standard InChI is InChI=1S/C28H40O6/c29-26-18-23-22(24(19-25(23)33-26)34-28-11-5-7-17-31-28)15-14-21(32-27-10-4-6-16-30-27)13-12-20-8-2-1-3-9-20/h1-3,8-9,14-15,21-29H,4-7,10-13,16-19H2/t21?,22-,23-,24-,25+,26?,27?,28?/m1/s1. The molecule has 188 valence electrons. The summed E-state index contributed by atoms with van der Waals surface area (Å²) in [5, 5.41) is 10.1. The van der Waals surface area contributed by atoms with Crippen LogP contribution >= 0.6 is 0 Å². The molecule has 1 N–H and O–H groups in total. The first kappa shape index (κ1) is 24.4. The summed E-state index contributed by atoms with van der Waals surface area (Å²) in [4.78, 5) is 0. The Morgan fingerprint density at radius 2 is 1.74 bits per heavy atom. The molecule has 4 aliphatic rings. The van der Waals surface area contributed by atoms with Gasteiger partial charge in [0.25, 0.3) is 0 Å². The van der Waals surface area contributed by atoms with Gasteiger partial charge in [0.15, 0.2) is 18.9 Å². The molecule has 6 nitrogen and oxygen atoms in total. The molecule has 3 aliphatic heterocycles. The van der Waals surface area contributed by atoms with E-state index in [2.05, 4.69) is 42.5 Å². The fraction of sp³-hybridized carbons (Fsp3) is 0.714. The van der Waals surface area contributed by atoms with E-state index in [0.29, 0.717) is 6.42 Å². The molecule has 4 unspecified atom stereocenters. The molecule has 0 aromatic heterocycles. The zero-order valence-corrected chi connectivity index (χ0v) is 20.1. The summed E-state index contributed by atoms with van der Waals surface area (Å²) in [7, 11) is 0. The molecule has 4 fully saturated rings. The van der Waals surface area contributed by atoms with Crippen molar-refractivity contribution in [3.8, 4) is 0 Å². The van der Waals surface area contributed by atoms with Gasteiger partial charge >= 0.3 is 0 Å². The van der Waals surface area contributed by atoms with Crippen molar-refractivity contribution in [3.05, 3.63) is 48.0 Å². The molecule has 0 bridgehead atoms. The Morgan fingerprint density at radius 3 is 2.47 bits per heavy atom. The van der Waals surface area contributed by atoms with E-state index in [1.807, 2.05) is 0 Å². The smallest absolute Gasteiger partial charge is 0.158 e. The summed E-state index contributed by atoms with van der Waals surface area (Å²) >= 11 is 0. The molecule has 1 saturated carbocycles. The Hall–Kier alpha value is -1.28. The fourth-order valence-corrected chi connectivity index (χ4v) is 5.90. The third-order valence-corrected chi connectivity index (χ3v) is 7.71. The van der Waals surface area contributed by atoms with Crippen LogP contribution in [0.1, 0.15) is 63.4 Å². The molecule has 3 saturated heterocycles. The quantitative estimate of drug-likeness (QED) is 0.524. The van der Waals surface area contributed by atoms with Crippen molar-refractivity contribution in [3.63, 3.8) is 0 Å². The summed E-state index contributed by atoms with van der Waals surface area (Å²) in [5.74, 6) is 0.448. The molecule has 6 heteroatoms. The highest BCUT2D eigenvalue weighted by atomic mass is 16.7. The number of aliphatic hydroxyl groups excluding tert-OH is 1. The average Bonchev–Trinajstić information content (AvgIpc) is 3.38. The molecule has 0 amide bonds. The Balaban J connectivity index is 1.27. The number of aryl methyl sites for hydroxylation is 1. The highest BCUT2D eigenvalue weighted by Gasteiger charge is 2.49. The zero-order chi connectivity index (χ0) is 23.2. The number of hydrogen-bond acceptors (Lipinski definition) is 6. The summed E-state index contributed by atoms with van der Waals surface area (Å²) in [6.07, 6.45) is 13.4. The predicted molar refractivity (Wildman–Crippen MR) is 128 cm³/mol.